The lowest BCUT2D eigenvalue weighted by Gasteiger charge is -2.35. The fourth-order valence-electron chi connectivity index (χ4n) is 3.03. The Bertz CT molecular complexity index is 843. The Morgan fingerprint density at radius 3 is 1.93 bits per heavy atom. The molecule has 1 aliphatic rings. The lowest BCUT2D eigenvalue weighted by atomic mass is 10.1. The maximum atomic E-state index is 12.6. The molecule has 0 aromatic heterocycles. The van der Waals surface area contributed by atoms with E-state index in [0.29, 0.717) is 31.2 Å². The van der Waals surface area contributed by atoms with E-state index in [1.54, 1.807) is 34.1 Å². The highest BCUT2D eigenvalue weighted by Gasteiger charge is 2.31. The Hall–Kier alpha value is -2.54. The molecule has 0 spiro atoms. The van der Waals surface area contributed by atoms with Crippen molar-refractivity contribution in [3.8, 4) is 0 Å². The number of rotatable bonds is 3. The third kappa shape index (κ3) is 4.84. The van der Waals surface area contributed by atoms with Gasteiger partial charge in [0.25, 0.3) is 5.91 Å². The predicted molar refractivity (Wildman–Crippen MR) is 99.1 cm³/mol. The maximum absolute atomic E-state index is 12.6. The molecule has 8 heteroatoms. The van der Waals surface area contributed by atoms with Gasteiger partial charge in [-0.15, -0.1) is 0 Å². The Morgan fingerprint density at radius 2 is 1.39 bits per heavy atom. The van der Waals surface area contributed by atoms with Crippen LogP contribution in [0, 0.1) is 0 Å². The molecule has 1 heterocycles. The van der Waals surface area contributed by atoms with Gasteiger partial charge in [0.05, 0.1) is 12.0 Å². The van der Waals surface area contributed by atoms with Crippen LogP contribution in [-0.2, 0) is 17.4 Å². The zero-order valence-electron chi connectivity index (χ0n) is 14.9. The van der Waals surface area contributed by atoms with Gasteiger partial charge in [0.1, 0.15) is 0 Å². The number of alkyl halides is 3. The van der Waals surface area contributed by atoms with Crippen LogP contribution in [0.25, 0.3) is 0 Å². The highest BCUT2D eigenvalue weighted by atomic mass is 35.5. The highest BCUT2D eigenvalue weighted by molar-refractivity contribution is 6.30. The van der Waals surface area contributed by atoms with E-state index in [-0.39, 0.29) is 23.8 Å². The zero-order valence-corrected chi connectivity index (χ0v) is 15.6. The zero-order chi connectivity index (χ0) is 20.3. The first-order chi connectivity index (χ1) is 13.2. The van der Waals surface area contributed by atoms with E-state index in [1.807, 2.05) is 0 Å². The Balaban J connectivity index is 1.55. The summed E-state index contributed by atoms with van der Waals surface area (Å²) in [7, 11) is 0. The summed E-state index contributed by atoms with van der Waals surface area (Å²) in [6.07, 6.45) is -4.18. The van der Waals surface area contributed by atoms with Crippen LogP contribution in [0.15, 0.2) is 48.5 Å². The van der Waals surface area contributed by atoms with Gasteiger partial charge in [-0.1, -0.05) is 23.7 Å². The van der Waals surface area contributed by atoms with Crippen molar-refractivity contribution in [2.75, 3.05) is 26.2 Å². The molecule has 1 saturated heterocycles. The quantitative estimate of drug-likeness (QED) is 0.770. The van der Waals surface area contributed by atoms with E-state index in [4.69, 9.17) is 11.6 Å². The predicted octanol–water partition coefficient (Wildman–Crippen LogP) is 3.89. The summed E-state index contributed by atoms with van der Waals surface area (Å²) in [5, 5.41) is 0.603. The van der Waals surface area contributed by atoms with E-state index in [1.165, 1.54) is 12.1 Å². The number of carbonyl (C=O) groups is 2. The van der Waals surface area contributed by atoms with E-state index < -0.39 is 11.7 Å². The Morgan fingerprint density at radius 1 is 0.857 bits per heavy atom. The molecule has 148 valence electrons. The molecule has 2 aromatic rings. The van der Waals surface area contributed by atoms with Gasteiger partial charge in [0.2, 0.25) is 5.91 Å². The molecule has 0 radical (unpaired) electrons. The van der Waals surface area contributed by atoms with Crippen molar-refractivity contribution in [2.45, 2.75) is 12.6 Å². The summed E-state index contributed by atoms with van der Waals surface area (Å²) < 4.78 is 37.9. The van der Waals surface area contributed by atoms with Crippen molar-refractivity contribution in [3.63, 3.8) is 0 Å². The number of piperazine rings is 1. The van der Waals surface area contributed by atoms with Crippen molar-refractivity contribution in [3.05, 3.63) is 70.2 Å². The standard InChI is InChI=1S/C20H18ClF3N2O2/c21-17-7-1-14(2-8-17)13-18(27)25-9-11-26(12-10-25)19(28)15-3-5-16(6-4-15)20(22,23)24/h1-8H,9-13H2. The minimum absolute atomic E-state index is 0.0380. The third-order valence-electron chi connectivity index (χ3n) is 4.65. The largest absolute Gasteiger partial charge is 0.416 e. The van der Waals surface area contributed by atoms with E-state index in [2.05, 4.69) is 0 Å². The summed E-state index contributed by atoms with van der Waals surface area (Å²) in [6.45, 7) is 1.45. The summed E-state index contributed by atoms with van der Waals surface area (Å²) in [6, 6.07) is 11.2. The van der Waals surface area contributed by atoms with Crippen LogP contribution >= 0.6 is 11.6 Å². The molecule has 0 saturated carbocycles. The number of hydrogen-bond acceptors (Lipinski definition) is 2. The minimum Gasteiger partial charge on any atom is -0.339 e. The van der Waals surface area contributed by atoms with Crippen LogP contribution < -0.4 is 0 Å². The van der Waals surface area contributed by atoms with E-state index in [0.717, 1.165) is 17.7 Å². The van der Waals surface area contributed by atoms with Crippen LogP contribution in [0.3, 0.4) is 0 Å². The lowest BCUT2D eigenvalue weighted by molar-refractivity contribution is -0.137. The van der Waals surface area contributed by atoms with Gasteiger partial charge in [-0.3, -0.25) is 9.59 Å². The number of nitrogens with zero attached hydrogens (tertiary/aromatic N) is 2. The van der Waals surface area contributed by atoms with Gasteiger partial charge in [0, 0.05) is 36.8 Å². The van der Waals surface area contributed by atoms with E-state index in [9.17, 15) is 22.8 Å². The van der Waals surface area contributed by atoms with Crippen molar-refractivity contribution in [1.82, 2.24) is 9.80 Å². The third-order valence-corrected chi connectivity index (χ3v) is 4.90. The van der Waals surface area contributed by atoms with Crippen LogP contribution in [0.2, 0.25) is 5.02 Å². The Labute approximate surface area is 165 Å². The van der Waals surface area contributed by atoms with Gasteiger partial charge in [-0.05, 0) is 42.0 Å². The summed E-state index contributed by atoms with van der Waals surface area (Å²) in [4.78, 5) is 28.1. The summed E-state index contributed by atoms with van der Waals surface area (Å²) >= 11 is 5.84. The van der Waals surface area contributed by atoms with Crippen molar-refractivity contribution in [1.29, 1.82) is 0 Å². The smallest absolute Gasteiger partial charge is 0.339 e. The van der Waals surface area contributed by atoms with Gasteiger partial charge in [0.15, 0.2) is 0 Å². The summed E-state index contributed by atoms with van der Waals surface area (Å²) in [5.41, 5.74) is 0.272. The van der Waals surface area contributed by atoms with Crippen molar-refractivity contribution >= 4 is 23.4 Å². The molecule has 2 aromatic carbocycles. The van der Waals surface area contributed by atoms with Crippen LogP contribution in [0.4, 0.5) is 13.2 Å². The molecule has 28 heavy (non-hydrogen) atoms. The second-order valence-electron chi connectivity index (χ2n) is 6.55. The monoisotopic (exact) mass is 410 g/mol. The van der Waals surface area contributed by atoms with Crippen molar-refractivity contribution in [2.24, 2.45) is 0 Å². The average molecular weight is 411 g/mol. The molecule has 1 fully saturated rings. The van der Waals surface area contributed by atoms with Crippen LogP contribution in [-0.4, -0.2) is 47.8 Å². The molecule has 0 N–H and O–H groups in total. The molecule has 0 atom stereocenters. The number of halogens is 4. The lowest BCUT2D eigenvalue weighted by Crippen LogP contribution is -2.51. The molecule has 4 nitrogen and oxygen atoms in total. The second kappa shape index (κ2) is 8.22. The average Bonchev–Trinajstić information content (AvgIpc) is 2.69. The fraction of sp³-hybridized carbons (Fsp3) is 0.300. The SMILES string of the molecule is O=C(Cc1ccc(Cl)cc1)N1CCN(C(=O)c2ccc(C(F)(F)F)cc2)CC1. The first kappa shape index (κ1) is 20.2. The molecule has 0 aliphatic carbocycles. The van der Waals surface area contributed by atoms with Gasteiger partial charge in [-0.2, -0.15) is 13.2 Å². The summed E-state index contributed by atoms with van der Waals surface area (Å²) in [5.74, 6) is -0.373. The molecular formula is C20H18ClF3N2O2. The van der Waals surface area contributed by atoms with Gasteiger partial charge in [-0.25, -0.2) is 0 Å². The number of carbonyl (C=O) groups excluding carboxylic acids is 2. The number of benzene rings is 2. The number of hydrogen-bond donors (Lipinski definition) is 0. The highest BCUT2D eigenvalue weighted by Crippen LogP contribution is 2.29. The fourth-order valence-corrected chi connectivity index (χ4v) is 3.16. The molecule has 2 amide bonds. The Kier molecular flexibility index (Phi) is 5.93. The second-order valence-corrected chi connectivity index (χ2v) is 6.99. The topological polar surface area (TPSA) is 40.6 Å². The van der Waals surface area contributed by atoms with Gasteiger partial charge < -0.3 is 9.80 Å². The first-order valence-corrected chi connectivity index (χ1v) is 9.10. The maximum Gasteiger partial charge on any atom is 0.416 e. The number of amides is 2. The molecule has 0 unspecified atom stereocenters. The minimum atomic E-state index is -4.43. The molecule has 1 aliphatic heterocycles. The van der Waals surface area contributed by atoms with E-state index >= 15 is 0 Å². The van der Waals surface area contributed by atoms with Crippen LogP contribution in [0.1, 0.15) is 21.5 Å². The molecule has 0 bridgehead atoms. The molecule has 3 rings (SSSR count). The van der Waals surface area contributed by atoms with Gasteiger partial charge >= 0.3 is 6.18 Å². The first-order valence-electron chi connectivity index (χ1n) is 8.73. The molecular weight excluding hydrogens is 393 g/mol. The van der Waals surface area contributed by atoms with Crippen molar-refractivity contribution < 1.29 is 22.8 Å². The van der Waals surface area contributed by atoms with Crippen LogP contribution in [0.5, 0.6) is 0 Å². The normalized spacial score (nSPS) is 14.9.